The lowest BCUT2D eigenvalue weighted by atomic mass is 9.98. The van der Waals surface area contributed by atoms with Crippen LogP contribution in [0.5, 0.6) is 0 Å². The van der Waals surface area contributed by atoms with Crippen molar-refractivity contribution in [2.45, 2.75) is 52.5 Å². The van der Waals surface area contributed by atoms with Gasteiger partial charge in [0.05, 0.1) is 0 Å². The molecule has 31 heavy (non-hydrogen) atoms. The maximum atomic E-state index is 12.8. The fourth-order valence-electron chi connectivity index (χ4n) is 4.78. The number of carbonyl (C=O) groups is 1. The average molecular weight is 419 g/mol. The topological polar surface area (TPSA) is 39.7 Å². The number of carbonyl (C=O) groups excluding carboxylic acids is 1. The molecule has 2 heterocycles. The van der Waals surface area contributed by atoms with Gasteiger partial charge in [-0.25, -0.2) is 4.98 Å². The number of pyridine rings is 1. The molecule has 0 atom stereocenters. The van der Waals surface area contributed by atoms with Crippen LogP contribution in [0.3, 0.4) is 0 Å². The van der Waals surface area contributed by atoms with Crippen LogP contribution in [0.4, 0.5) is 11.5 Å². The van der Waals surface area contributed by atoms with Crippen molar-refractivity contribution >= 4 is 17.4 Å². The lowest BCUT2D eigenvalue weighted by molar-refractivity contribution is -0.119. The third-order valence-electron chi connectivity index (χ3n) is 7.22. The first-order chi connectivity index (χ1) is 15.0. The van der Waals surface area contributed by atoms with Crippen LogP contribution in [0.1, 0.15) is 43.7 Å². The zero-order valence-electron chi connectivity index (χ0n) is 19.1. The summed E-state index contributed by atoms with van der Waals surface area (Å²) >= 11 is 0. The smallest absolute Gasteiger partial charge is 0.230 e. The predicted octanol–water partition coefficient (Wildman–Crippen LogP) is 4.41. The highest BCUT2D eigenvalue weighted by molar-refractivity contribution is 5.98. The molecule has 0 radical (unpaired) electrons. The minimum Gasteiger partial charge on any atom is -0.354 e. The van der Waals surface area contributed by atoms with Crippen molar-refractivity contribution in [3.63, 3.8) is 0 Å². The molecule has 1 aliphatic heterocycles. The SMILES string of the molecule is CCN(C(=O)C1CC1)c1cc(-c2ccc(N3CCN(C4CC4)CC3)nc2)cc(C)c1C. The lowest BCUT2D eigenvalue weighted by Crippen LogP contribution is -2.47. The van der Waals surface area contributed by atoms with E-state index < -0.39 is 0 Å². The molecule has 1 amide bonds. The number of aromatic nitrogens is 1. The minimum atomic E-state index is 0.227. The van der Waals surface area contributed by atoms with Crippen LogP contribution in [0.15, 0.2) is 30.5 Å². The number of amides is 1. The van der Waals surface area contributed by atoms with E-state index in [1.54, 1.807) is 0 Å². The zero-order valence-corrected chi connectivity index (χ0v) is 19.1. The molecule has 0 spiro atoms. The van der Waals surface area contributed by atoms with Gasteiger partial charge in [0.25, 0.3) is 0 Å². The summed E-state index contributed by atoms with van der Waals surface area (Å²) in [5.74, 6) is 1.58. The van der Waals surface area contributed by atoms with Gasteiger partial charge in [0.2, 0.25) is 5.91 Å². The summed E-state index contributed by atoms with van der Waals surface area (Å²) in [5, 5.41) is 0. The Hall–Kier alpha value is -2.40. The molecule has 5 nitrogen and oxygen atoms in total. The van der Waals surface area contributed by atoms with Gasteiger partial charge in [-0.15, -0.1) is 0 Å². The Labute approximate surface area is 186 Å². The van der Waals surface area contributed by atoms with E-state index in [9.17, 15) is 4.79 Å². The highest BCUT2D eigenvalue weighted by Crippen LogP contribution is 2.36. The molecule has 1 saturated heterocycles. The van der Waals surface area contributed by atoms with Crippen LogP contribution in [-0.4, -0.2) is 54.6 Å². The van der Waals surface area contributed by atoms with Crippen LogP contribution in [0.25, 0.3) is 11.1 Å². The second-order valence-corrected chi connectivity index (χ2v) is 9.45. The normalized spacial score (nSPS) is 19.5. The molecule has 164 valence electrons. The van der Waals surface area contributed by atoms with Gasteiger partial charge in [-0.2, -0.15) is 0 Å². The Morgan fingerprint density at radius 3 is 2.35 bits per heavy atom. The molecule has 1 aromatic carbocycles. The molecule has 2 aromatic rings. The number of aryl methyl sites for hydroxylation is 1. The van der Waals surface area contributed by atoms with E-state index >= 15 is 0 Å². The van der Waals surface area contributed by atoms with Gasteiger partial charge in [-0.3, -0.25) is 9.69 Å². The summed E-state index contributed by atoms with van der Waals surface area (Å²) < 4.78 is 0. The Bertz CT molecular complexity index is 954. The van der Waals surface area contributed by atoms with E-state index in [-0.39, 0.29) is 11.8 Å². The van der Waals surface area contributed by atoms with Gasteiger partial charge in [-0.05, 0) is 81.3 Å². The quantitative estimate of drug-likeness (QED) is 0.697. The number of hydrogen-bond donors (Lipinski definition) is 0. The van der Waals surface area contributed by atoms with Crippen LogP contribution in [0, 0.1) is 19.8 Å². The summed E-state index contributed by atoms with van der Waals surface area (Å²) in [5.41, 5.74) is 5.71. The van der Waals surface area contributed by atoms with Gasteiger partial charge in [0.1, 0.15) is 5.82 Å². The summed E-state index contributed by atoms with van der Waals surface area (Å²) in [6.07, 6.45) is 6.83. The number of anilines is 2. The molecular formula is C26H34N4O. The first-order valence-corrected chi connectivity index (χ1v) is 11.9. The summed E-state index contributed by atoms with van der Waals surface area (Å²) in [6.45, 7) is 11.5. The number of nitrogens with zero attached hydrogens (tertiary/aromatic N) is 4. The van der Waals surface area contributed by atoms with Gasteiger partial charge < -0.3 is 9.80 Å². The van der Waals surface area contributed by atoms with Crippen molar-refractivity contribution in [3.05, 3.63) is 41.6 Å². The minimum absolute atomic E-state index is 0.227. The summed E-state index contributed by atoms with van der Waals surface area (Å²) in [7, 11) is 0. The molecule has 0 bridgehead atoms. The maximum Gasteiger partial charge on any atom is 0.230 e. The molecule has 2 saturated carbocycles. The second-order valence-electron chi connectivity index (χ2n) is 9.45. The average Bonchev–Trinajstić information content (AvgIpc) is 3.70. The highest BCUT2D eigenvalue weighted by atomic mass is 16.2. The Morgan fingerprint density at radius 1 is 1.03 bits per heavy atom. The molecule has 3 fully saturated rings. The summed E-state index contributed by atoms with van der Waals surface area (Å²) in [6, 6.07) is 9.59. The highest BCUT2D eigenvalue weighted by Gasteiger charge is 2.34. The predicted molar refractivity (Wildman–Crippen MR) is 127 cm³/mol. The molecule has 3 aliphatic rings. The fraction of sp³-hybridized carbons (Fsp3) is 0.538. The van der Waals surface area contributed by atoms with Crippen molar-refractivity contribution in [2.75, 3.05) is 42.5 Å². The first kappa shape index (κ1) is 20.5. The van der Waals surface area contributed by atoms with Gasteiger partial charge in [0, 0.05) is 62.1 Å². The van der Waals surface area contributed by atoms with Crippen LogP contribution in [0.2, 0.25) is 0 Å². The number of rotatable bonds is 6. The fourth-order valence-corrected chi connectivity index (χ4v) is 4.78. The van der Waals surface area contributed by atoms with E-state index in [4.69, 9.17) is 4.98 Å². The van der Waals surface area contributed by atoms with Crippen LogP contribution < -0.4 is 9.80 Å². The third-order valence-corrected chi connectivity index (χ3v) is 7.22. The Balaban J connectivity index is 1.36. The molecular weight excluding hydrogens is 384 g/mol. The third kappa shape index (κ3) is 4.20. The van der Waals surface area contributed by atoms with Gasteiger partial charge in [-0.1, -0.05) is 6.07 Å². The van der Waals surface area contributed by atoms with E-state index in [2.05, 4.69) is 54.8 Å². The van der Waals surface area contributed by atoms with Crippen LogP contribution in [-0.2, 0) is 4.79 Å². The molecule has 0 N–H and O–H groups in total. The standard InChI is InChI=1S/C26H34N4O/c1-4-30(26(31)20-5-6-20)24-16-22(15-18(2)19(24)3)21-7-10-25(27-17-21)29-13-11-28(12-14-29)23-8-9-23/h7,10,15-17,20,23H,4-6,8-9,11-14H2,1-3H3. The molecule has 5 rings (SSSR count). The monoisotopic (exact) mass is 418 g/mol. The molecule has 5 heteroatoms. The zero-order chi connectivity index (χ0) is 21.5. The van der Waals surface area contributed by atoms with Crippen molar-refractivity contribution in [1.29, 1.82) is 0 Å². The van der Waals surface area contributed by atoms with Crippen molar-refractivity contribution < 1.29 is 4.79 Å². The van der Waals surface area contributed by atoms with E-state index in [0.29, 0.717) is 6.54 Å². The number of piperazine rings is 1. The van der Waals surface area contributed by atoms with Crippen molar-refractivity contribution in [3.8, 4) is 11.1 Å². The van der Waals surface area contributed by atoms with Crippen molar-refractivity contribution in [2.24, 2.45) is 5.92 Å². The molecule has 2 aliphatic carbocycles. The van der Waals surface area contributed by atoms with E-state index in [1.807, 2.05) is 11.1 Å². The lowest BCUT2D eigenvalue weighted by Gasteiger charge is -2.35. The van der Waals surface area contributed by atoms with E-state index in [1.165, 1.54) is 24.0 Å². The number of hydrogen-bond acceptors (Lipinski definition) is 4. The molecule has 1 aromatic heterocycles. The number of benzene rings is 1. The van der Waals surface area contributed by atoms with Crippen molar-refractivity contribution in [1.82, 2.24) is 9.88 Å². The van der Waals surface area contributed by atoms with E-state index in [0.717, 1.165) is 67.7 Å². The van der Waals surface area contributed by atoms with Gasteiger partial charge in [0.15, 0.2) is 0 Å². The summed E-state index contributed by atoms with van der Waals surface area (Å²) in [4.78, 5) is 24.7. The Kier molecular flexibility index (Phi) is 5.47. The Morgan fingerprint density at radius 2 is 1.77 bits per heavy atom. The maximum absolute atomic E-state index is 12.8. The second kappa shape index (κ2) is 8.27. The first-order valence-electron chi connectivity index (χ1n) is 11.9. The van der Waals surface area contributed by atoms with Gasteiger partial charge >= 0.3 is 0 Å². The molecule has 0 unspecified atom stereocenters. The largest absolute Gasteiger partial charge is 0.354 e. The van der Waals surface area contributed by atoms with Crippen LogP contribution >= 0.6 is 0 Å².